The summed E-state index contributed by atoms with van der Waals surface area (Å²) in [5.74, 6) is -2.44. The molecule has 0 heterocycles. The lowest BCUT2D eigenvalue weighted by Gasteiger charge is -2.71. The summed E-state index contributed by atoms with van der Waals surface area (Å²) in [6, 6.07) is 3.33. The largest absolute Gasteiger partial charge is 0.450 e. The number of aliphatic hydroxyl groups is 2. The minimum absolute atomic E-state index is 0.0731. The maximum absolute atomic E-state index is 14.5. The molecule has 0 aromatic heterocycles. The highest BCUT2D eigenvalue weighted by molar-refractivity contribution is 6.10. The molecule has 3 saturated carbocycles. The number of aliphatic hydroxyl groups excluding tert-OH is 1. The summed E-state index contributed by atoms with van der Waals surface area (Å²) >= 11 is 0. The highest BCUT2D eigenvalue weighted by Crippen LogP contribution is 2.78. The Morgan fingerprint density at radius 1 is 1.00 bits per heavy atom. The Morgan fingerprint density at radius 2 is 1.70 bits per heavy atom. The molecule has 7 rings (SSSR count). The summed E-state index contributed by atoms with van der Waals surface area (Å²) < 4.78 is 33.7. The zero-order valence-corrected chi connectivity index (χ0v) is 25.8. The molecule has 43 heavy (non-hydrogen) atoms. The third-order valence-electron chi connectivity index (χ3n) is 12.6. The normalized spacial score (nSPS) is 40.7. The molecule has 0 radical (unpaired) electrons. The molecular weight excluding hydrogens is 552 g/mol. The number of benzene rings is 1. The monoisotopic (exact) mass is 597 g/mol. The maximum Gasteiger partial charge on any atom is 0.409 e. The van der Waals surface area contributed by atoms with Crippen LogP contribution in [0.5, 0.6) is 0 Å². The summed E-state index contributed by atoms with van der Waals surface area (Å²) in [6.07, 6.45) is 10.9. The lowest BCUT2D eigenvalue weighted by atomic mass is 9.32. The van der Waals surface area contributed by atoms with E-state index in [0.717, 1.165) is 37.8 Å². The summed E-state index contributed by atoms with van der Waals surface area (Å²) in [6.45, 7) is 9.04. The van der Waals surface area contributed by atoms with Gasteiger partial charge in [-0.25, -0.2) is 13.6 Å². The van der Waals surface area contributed by atoms with E-state index in [0.29, 0.717) is 37.8 Å². The van der Waals surface area contributed by atoms with E-state index in [1.807, 2.05) is 6.92 Å². The third-order valence-corrected chi connectivity index (χ3v) is 12.6. The topological polar surface area (TPSA) is 87.1 Å². The van der Waals surface area contributed by atoms with E-state index in [2.05, 4.69) is 32.1 Å². The number of carbonyl (C=O) groups is 2. The van der Waals surface area contributed by atoms with Gasteiger partial charge in [-0.05, 0) is 93.7 Å². The highest BCUT2D eigenvalue weighted by atomic mass is 19.2. The minimum Gasteiger partial charge on any atom is -0.450 e. The number of fused-ring (bicyclic) bond motifs is 1. The Kier molecular flexibility index (Phi) is 7.24. The molecule has 6 aliphatic carbocycles. The summed E-state index contributed by atoms with van der Waals surface area (Å²) in [5, 5.41) is 23.3. The van der Waals surface area contributed by atoms with Gasteiger partial charge in [-0.2, -0.15) is 0 Å². The number of allylic oxidation sites excluding steroid dienone is 4. The van der Waals surface area contributed by atoms with Crippen LogP contribution in [0.4, 0.5) is 13.6 Å². The van der Waals surface area contributed by atoms with Crippen molar-refractivity contribution in [2.24, 2.45) is 33.5 Å². The Morgan fingerprint density at radius 3 is 2.40 bits per heavy atom. The summed E-state index contributed by atoms with van der Waals surface area (Å²) in [7, 11) is 0. The number of rotatable bonds is 7. The fourth-order valence-electron chi connectivity index (χ4n) is 10.4. The van der Waals surface area contributed by atoms with Gasteiger partial charge in [0.2, 0.25) is 0 Å². The first-order valence-electron chi connectivity index (χ1n) is 16.1. The number of carbonyl (C=O) groups excluding carboxylic acids is 2. The van der Waals surface area contributed by atoms with Gasteiger partial charge in [0.05, 0.1) is 24.9 Å². The highest BCUT2D eigenvalue weighted by Gasteiger charge is 2.74. The van der Waals surface area contributed by atoms with Crippen LogP contribution >= 0.6 is 0 Å². The molecule has 1 aromatic rings. The van der Waals surface area contributed by atoms with Gasteiger partial charge in [0, 0.05) is 33.9 Å². The average molecular weight is 598 g/mol. The van der Waals surface area contributed by atoms with Crippen molar-refractivity contribution in [3.05, 3.63) is 59.2 Å². The standard InChI is InChI=1S/C35H45F2NO5/c1-5-17-38(30(41)43-6-2)21-34(42)14-11-28-32(34,4)13-10-27-31(3)12-9-23(39)19-33(31)15-16-35(27,28)24(20-33)29(40)22-7-8-25(36)26(37)18-22/h7-8,15-16,18,20,23,27-28,39,42H,5-6,9-14,17,19,21H2,1-4H3. The maximum atomic E-state index is 14.5. The van der Waals surface area contributed by atoms with Gasteiger partial charge in [0.1, 0.15) is 0 Å². The van der Waals surface area contributed by atoms with Crippen molar-refractivity contribution >= 4 is 11.9 Å². The second kappa shape index (κ2) is 10.2. The number of halogens is 2. The lowest BCUT2D eigenvalue weighted by Crippen LogP contribution is -2.67. The SMILES string of the molecule is CCCN(CC1(O)CCC2C34C=CC5(C=C3C(=O)c3ccc(F)c(F)c3)CC(O)CCC5(C)C4CCC21C)C(=O)OCC. The molecule has 2 bridgehead atoms. The van der Waals surface area contributed by atoms with E-state index in [9.17, 15) is 28.6 Å². The van der Waals surface area contributed by atoms with Crippen molar-refractivity contribution in [2.45, 2.75) is 90.8 Å². The van der Waals surface area contributed by atoms with Crippen molar-refractivity contribution in [1.82, 2.24) is 4.90 Å². The Bertz CT molecular complexity index is 1390. The van der Waals surface area contributed by atoms with Crippen LogP contribution in [0.15, 0.2) is 42.0 Å². The van der Waals surface area contributed by atoms with Crippen LogP contribution < -0.4 is 0 Å². The molecule has 8 heteroatoms. The number of hydrogen-bond acceptors (Lipinski definition) is 5. The molecule has 2 spiro atoms. The van der Waals surface area contributed by atoms with E-state index < -0.39 is 45.7 Å². The minimum atomic E-state index is -1.20. The Hall–Kier alpha value is -2.58. The van der Waals surface area contributed by atoms with E-state index in [1.165, 1.54) is 6.07 Å². The van der Waals surface area contributed by atoms with Gasteiger partial charge < -0.3 is 19.8 Å². The quantitative estimate of drug-likeness (QED) is 0.273. The van der Waals surface area contributed by atoms with Crippen LogP contribution in [0.2, 0.25) is 0 Å². The predicted octanol–water partition coefficient (Wildman–Crippen LogP) is 6.61. The molecule has 234 valence electrons. The first-order valence-corrected chi connectivity index (χ1v) is 16.1. The molecule has 0 saturated heterocycles. The van der Waals surface area contributed by atoms with Gasteiger partial charge >= 0.3 is 6.09 Å². The van der Waals surface area contributed by atoms with E-state index in [1.54, 1.807) is 11.8 Å². The zero-order valence-electron chi connectivity index (χ0n) is 25.8. The van der Waals surface area contributed by atoms with Crippen LogP contribution in [0.1, 0.15) is 89.4 Å². The van der Waals surface area contributed by atoms with Gasteiger partial charge in [0.15, 0.2) is 17.4 Å². The van der Waals surface area contributed by atoms with Crippen molar-refractivity contribution in [1.29, 1.82) is 0 Å². The summed E-state index contributed by atoms with van der Waals surface area (Å²) in [5.41, 5.74) is -2.59. The zero-order chi connectivity index (χ0) is 31.0. The molecule has 8 atom stereocenters. The average Bonchev–Trinajstić information content (AvgIpc) is 3.24. The third kappa shape index (κ3) is 4.07. The molecule has 2 N–H and O–H groups in total. The van der Waals surface area contributed by atoms with E-state index >= 15 is 0 Å². The van der Waals surface area contributed by atoms with Crippen molar-refractivity contribution in [3.8, 4) is 0 Å². The number of Topliss-reactive ketones (excluding diaryl/α,β-unsaturated/α-hetero) is 1. The predicted molar refractivity (Wildman–Crippen MR) is 158 cm³/mol. The first-order chi connectivity index (χ1) is 20.3. The molecule has 8 unspecified atom stereocenters. The molecule has 1 aromatic carbocycles. The fourth-order valence-corrected chi connectivity index (χ4v) is 10.4. The number of ketones is 1. The van der Waals surface area contributed by atoms with Crippen LogP contribution in [0.3, 0.4) is 0 Å². The van der Waals surface area contributed by atoms with Crippen molar-refractivity contribution in [2.75, 3.05) is 19.7 Å². The van der Waals surface area contributed by atoms with E-state index in [4.69, 9.17) is 4.74 Å². The smallest absolute Gasteiger partial charge is 0.409 e. The molecule has 0 aliphatic heterocycles. The van der Waals surface area contributed by atoms with Crippen LogP contribution in [0, 0.1) is 45.1 Å². The van der Waals surface area contributed by atoms with Gasteiger partial charge in [-0.15, -0.1) is 0 Å². The molecule has 3 fully saturated rings. The first kappa shape index (κ1) is 30.4. The van der Waals surface area contributed by atoms with Gasteiger partial charge in [-0.1, -0.05) is 39.0 Å². The molecular formula is C35H45F2NO5. The Balaban J connectivity index is 1.47. The molecule has 1 amide bonds. The number of hydrogen-bond donors (Lipinski definition) is 2. The lowest BCUT2D eigenvalue weighted by molar-refractivity contribution is -0.175. The van der Waals surface area contributed by atoms with E-state index in [-0.39, 0.29) is 41.7 Å². The van der Waals surface area contributed by atoms with Crippen LogP contribution in [-0.4, -0.2) is 58.4 Å². The van der Waals surface area contributed by atoms with Gasteiger partial charge in [0.25, 0.3) is 0 Å². The Labute approximate surface area is 253 Å². The summed E-state index contributed by atoms with van der Waals surface area (Å²) in [4.78, 5) is 29.0. The van der Waals surface area contributed by atoms with Crippen LogP contribution in [-0.2, 0) is 4.74 Å². The van der Waals surface area contributed by atoms with Gasteiger partial charge in [-0.3, -0.25) is 4.79 Å². The van der Waals surface area contributed by atoms with Crippen molar-refractivity contribution in [3.63, 3.8) is 0 Å². The second-order valence-electron chi connectivity index (χ2n) is 14.4. The fraction of sp³-hybridized carbons (Fsp3) is 0.657. The van der Waals surface area contributed by atoms with Crippen LogP contribution in [0.25, 0.3) is 0 Å². The number of nitrogens with zero attached hydrogens (tertiary/aromatic N) is 1. The molecule has 6 nitrogen and oxygen atoms in total. The second-order valence-corrected chi connectivity index (χ2v) is 14.4. The number of amides is 1. The van der Waals surface area contributed by atoms with Crippen molar-refractivity contribution < 1.29 is 33.3 Å². The molecule has 6 aliphatic rings. The number of ether oxygens (including phenoxy) is 1.